The number of benzene rings is 3. The first-order valence-electron chi connectivity index (χ1n) is 8.60. The second kappa shape index (κ2) is 8.45. The Bertz CT molecular complexity index is 1070. The van der Waals surface area contributed by atoms with Crippen molar-refractivity contribution in [1.82, 2.24) is 0 Å². The monoisotopic (exact) mass is 644 g/mol. The van der Waals surface area contributed by atoms with E-state index in [0.29, 0.717) is 18.2 Å². The van der Waals surface area contributed by atoms with Crippen LogP contribution in [0.25, 0.3) is 0 Å². The summed E-state index contributed by atoms with van der Waals surface area (Å²) < 4.78 is 126. The van der Waals surface area contributed by atoms with Gasteiger partial charge in [0.2, 0.25) is 0 Å². The van der Waals surface area contributed by atoms with E-state index < -0.39 is 101 Å². The molecule has 0 fully saturated rings. The molecule has 0 N–H and O–H groups in total. The zero-order valence-electron chi connectivity index (χ0n) is 16.1. The van der Waals surface area contributed by atoms with Gasteiger partial charge in [-0.1, -0.05) is 0 Å². The van der Waals surface area contributed by atoms with Crippen LogP contribution < -0.4 is 9.81 Å². The first-order chi connectivity index (χ1) is 14.4. The summed E-state index contributed by atoms with van der Waals surface area (Å²) in [4.78, 5) is 0. The normalized spacial score (nSPS) is 11.5. The SMILES string of the molecule is Cc1c(F)c(F)c[c]([Bi]([c]2cc(F)c(F)c(C)c2F)[c]2cc(F)c(F)c(C)c2F)c1F. The summed E-state index contributed by atoms with van der Waals surface area (Å²) in [5, 5.41) is 0. The summed E-state index contributed by atoms with van der Waals surface area (Å²) >= 11 is -4.89. The van der Waals surface area contributed by atoms with Crippen LogP contribution in [0.2, 0.25) is 0 Å². The molecule has 0 nitrogen and oxygen atoms in total. The Kier molecular flexibility index (Phi) is 6.43. The molecule has 10 heteroatoms. The Morgan fingerprint density at radius 1 is 0.419 bits per heavy atom. The van der Waals surface area contributed by atoms with Gasteiger partial charge in [-0.15, -0.1) is 0 Å². The van der Waals surface area contributed by atoms with Gasteiger partial charge in [-0.3, -0.25) is 0 Å². The van der Waals surface area contributed by atoms with Gasteiger partial charge in [0, 0.05) is 0 Å². The fourth-order valence-corrected chi connectivity index (χ4v) is 13.1. The molecule has 0 aliphatic heterocycles. The van der Waals surface area contributed by atoms with Crippen molar-refractivity contribution < 1.29 is 39.5 Å². The van der Waals surface area contributed by atoms with Crippen LogP contribution in [-0.2, 0) is 0 Å². The maximum atomic E-state index is 15.0. The van der Waals surface area contributed by atoms with E-state index >= 15 is 0 Å². The van der Waals surface area contributed by atoms with Crippen LogP contribution in [0.4, 0.5) is 39.5 Å². The molecule has 0 spiro atoms. The second-order valence-electron chi connectivity index (χ2n) is 6.73. The van der Waals surface area contributed by atoms with Crippen LogP contribution in [0.15, 0.2) is 18.2 Å². The standard InChI is InChI=1S/3C7H4F3.Bi/c3*1-4-5(8)2-3-6(9)7(4)10;/h3*3H,1H3;. The van der Waals surface area contributed by atoms with Gasteiger partial charge in [-0.05, 0) is 0 Å². The summed E-state index contributed by atoms with van der Waals surface area (Å²) in [6.45, 7) is 2.62. The third-order valence-corrected chi connectivity index (χ3v) is 14.2. The molecular weight excluding hydrogens is 632 g/mol. The Morgan fingerprint density at radius 3 is 0.871 bits per heavy atom. The predicted molar refractivity (Wildman–Crippen MR) is 97.8 cm³/mol. The van der Waals surface area contributed by atoms with Crippen LogP contribution in [0.1, 0.15) is 16.7 Å². The molecule has 164 valence electrons. The van der Waals surface area contributed by atoms with Gasteiger partial charge >= 0.3 is 179 Å². The average Bonchev–Trinajstić information content (AvgIpc) is 2.74. The van der Waals surface area contributed by atoms with Crippen molar-refractivity contribution in [2.24, 2.45) is 0 Å². The van der Waals surface area contributed by atoms with E-state index in [1.165, 1.54) is 0 Å². The van der Waals surface area contributed by atoms with Crippen molar-refractivity contribution in [3.63, 3.8) is 0 Å². The summed E-state index contributed by atoms with van der Waals surface area (Å²) in [5.74, 6) is -13.4. The minimum atomic E-state index is -4.89. The molecule has 0 unspecified atom stereocenters. The molecule has 0 bridgehead atoms. The third kappa shape index (κ3) is 3.83. The maximum absolute atomic E-state index is 15.0. The molecule has 0 atom stereocenters. The molecule has 3 aromatic rings. The van der Waals surface area contributed by atoms with Gasteiger partial charge in [-0.2, -0.15) is 0 Å². The topological polar surface area (TPSA) is 0 Å². The molecule has 0 radical (unpaired) electrons. The zero-order valence-corrected chi connectivity index (χ0v) is 19.6. The summed E-state index contributed by atoms with van der Waals surface area (Å²) in [7, 11) is 0. The van der Waals surface area contributed by atoms with Crippen molar-refractivity contribution in [2.45, 2.75) is 20.8 Å². The van der Waals surface area contributed by atoms with E-state index in [-0.39, 0.29) is 0 Å². The molecule has 3 rings (SSSR count). The van der Waals surface area contributed by atoms with E-state index in [4.69, 9.17) is 0 Å². The Balaban J connectivity index is 2.50. The van der Waals surface area contributed by atoms with E-state index in [9.17, 15) is 39.5 Å². The van der Waals surface area contributed by atoms with Gasteiger partial charge in [0.1, 0.15) is 0 Å². The Hall–Kier alpha value is -2.09. The van der Waals surface area contributed by atoms with E-state index in [0.717, 1.165) is 20.8 Å². The van der Waals surface area contributed by atoms with Crippen molar-refractivity contribution in [3.8, 4) is 0 Å². The summed E-state index contributed by atoms with van der Waals surface area (Å²) in [5.41, 5.74) is -2.43. The van der Waals surface area contributed by atoms with Crippen molar-refractivity contribution >= 4 is 31.6 Å². The number of rotatable bonds is 3. The average molecular weight is 644 g/mol. The molecule has 0 aromatic heterocycles. The molecule has 0 amide bonds. The molecule has 0 saturated heterocycles. The van der Waals surface area contributed by atoms with Crippen LogP contribution in [-0.4, -0.2) is 21.8 Å². The van der Waals surface area contributed by atoms with Gasteiger partial charge in [0.15, 0.2) is 0 Å². The van der Waals surface area contributed by atoms with Gasteiger partial charge in [0.25, 0.3) is 0 Å². The van der Waals surface area contributed by atoms with Crippen LogP contribution in [0.3, 0.4) is 0 Å². The summed E-state index contributed by atoms with van der Waals surface area (Å²) in [6, 6.07) is 1.09. The Labute approximate surface area is 179 Å². The Morgan fingerprint density at radius 2 is 0.645 bits per heavy atom. The zero-order chi connectivity index (χ0) is 23.4. The molecule has 0 saturated carbocycles. The molecule has 0 aliphatic carbocycles. The molecule has 31 heavy (non-hydrogen) atoms. The number of hydrogen-bond acceptors (Lipinski definition) is 0. The fraction of sp³-hybridized carbons (Fsp3) is 0.143. The van der Waals surface area contributed by atoms with Crippen molar-refractivity contribution in [3.05, 3.63) is 87.2 Å². The number of halogens is 9. The van der Waals surface area contributed by atoms with Crippen LogP contribution in [0, 0.1) is 73.1 Å². The van der Waals surface area contributed by atoms with E-state index in [2.05, 4.69) is 0 Å². The van der Waals surface area contributed by atoms with Crippen molar-refractivity contribution in [1.29, 1.82) is 0 Å². The second-order valence-corrected chi connectivity index (χ2v) is 15.0. The third-order valence-electron chi connectivity index (χ3n) is 4.79. The molecular formula is C21H12BiF9. The van der Waals surface area contributed by atoms with Crippen LogP contribution >= 0.6 is 0 Å². The summed E-state index contributed by atoms with van der Waals surface area (Å²) in [6.07, 6.45) is 0. The quantitative estimate of drug-likeness (QED) is 0.226. The van der Waals surface area contributed by atoms with Gasteiger partial charge < -0.3 is 0 Å². The first kappa shape index (κ1) is 23.6. The first-order valence-corrected chi connectivity index (χ1v) is 13.8. The number of hydrogen-bond donors (Lipinski definition) is 0. The van der Waals surface area contributed by atoms with E-state index in [1.807, 2.05) is 0 Å². The minimum absolute atomic E-state index is 0.363. The van der Waals surface area contributed by atoms with E-state index in [1.54, 1.807) is 0 Å². The van der Waals surface area contributed by atoms with Gasteiger partial charge in [0.05, 0.1) is 0 Å². The van der Waals surface area contributed by atoms with Crippen molar-refractivity contribution in [2.75, 3.05) is 0 Å². The molecule has 0 aliphatic rings. The molecule has 0 heterocycles. The van der Waals surface area contributed by atoms with Crippen LogP contribution in [0.5, 0.6) is 0 Å². The molecule has 3 aromatic carbocycles. The predicted octanol–water partition coefficient (Wildman–Crippen LogP) is 4.38. The van der Waals surface area contributed by atoms with Gasteiger partial charge in [-0.25, -0.2) is 0 Å². The fourth-order valence-electron chi connectivity index (χ4n) is 3.02.